The SMILES string of the molecule is CC(=O)c1cccc(F)c1Sc1ccncc1. The zero-order valence-corrected chi connectivity index (χ0v) is 10.00. The van der Waals surface area contributed by atoms with Crippen LogP contribution in [0.2, 0.25) is 0 Å². The maximum atomic E-state index is 13.7. The molecule has 1 aromatic heterocycles. The minimum Gasteiger partial charge on any atom is -0.294 e. The lowest BCUT2D eigenvalue weighted by Crippen LogP contribution is -1.97. The number of nitrogens with zero attached hydrogens (tertiary/aromatic N) is 1. The van der Waals surface area contributed by atoms with Crippen LogP contribution in [0.3, 0.4) is 0 Å². The molecule has 0 saturated carbocycles. The van der Waals surface area contributed by atoms with Crippen LogP contribution in [-0.2, 0) is 0 Å². The molecule has 17 heavy (non-hydrogen) atoms. The molecule has 0 aliphatic heterocycles. The number of hydrogen-bond donors (Lipinski definition) is 0. The molecule has 0 radical (unpaired) electrons. The Kier molecular flexibility index (Phi) is 3.54. The Morgan fingerprint density at radius 2 is 1.94 bits per heavy atom. The summed E-state index contributed by atoms with van der Waals surface area (Å²) in [6.07, 6.45) is 3.27. The van der Waals surface area contributed by atoms with Gasteiger partial charge in [-0.3, -0.25) is 9.78 Å². The lowest BCUT2D eigenvalue weighted by atomic mass is 10.1. The van der Waals surface area contributed by atoms with Crippen molar-refractivity contribution in [2.24, 2.45) is 0 Å². The summed E-state index contributed by atoms with van der Waals surface area (Å²) in [5.41, 5.74) is 0.409. The normalized spacial score (nSPS) is 10.2. The van der Waals surface area contributed by atoms with Crippen molar-refractivity contribution in [3.63, 3.8) is 0 Å². The second-order valence-electron chi connectivity index (χ2n) is 3.46. The molecule has 0 fully saturated rings. The molecule has 2 nitrogen and oxygen atoms in total. The van der Waals surface area contributed by atoms with Crippen LogP contribution in [0.25, 0.3) is 0 Å². The highest BCUT2D eigenvalue weighted by atomic mass is 32.2. The van der Waals surface area contributed by atoms with Crippen molar-refractivity contribution in [1.82, 2.24) is 4.98 Å². The zero-order chi connectivity index (χ0) is 12.3. The van der Waals surface area contributed by atoms with Gasteiger partial charge in [0.1, 0.15) is 5.82 Å². The molecule has 0 unspecified atom stereocenters. The molecule has 4 heteroatoms. The second-order valence-corrected chi connectivity index (χ2v) is 4.54. The summed E-state index contributed by atoms with van der Waals surface area (Å²) in [5.74, 6) is -0.513. The van der Waals surface area contributed by atoms with E-state index in [1.54, 1.807) is 36.7 Å². The third-order valence-electron chi connectivity index (χ3n) is 2.22. The van der Waals surface area contributed by atoms with Gasteiger partial charge in [0.05, 0.1) is 4.90 Å². The molecule has 0 amide bonds. The summed E-state index contributed by atoms with van der Waals surface area (Å²) in [4.78, 5) is 16.5. The van der Waals surface area contributed by atoms with Crippen molar-refractivity contribution < 1.29 is 9.18 Å². The summed E-state index contributed by atoms with van der Waals surface area (Å²) >= 11 is 1.23. The van der Waals surface area contributed by atoms with E-state index in [9.17, 15) is 9.18 Å². The third kappa shape index (κ3) is 2.71. The Morgan fingerprint density at radius 3 is 2.59 bits per heavy atom. The molecule has 86 valence electrons. The number of benzene rings is 1. The maximum absolute atomic E-state index is 13.7. The lowest BCUT2D eigenvalue weighted by Gasteiger charge is -2.07. The highest BCUT2D eigenvalue weighted by molar-refractivity contribution is 7.99. The van der Waals surface area contributed by atoms with Crippen molar-refractivity contribution in [3.05, 3.63) is 54.1 Å². The van der Waals surface area contributed by atoms with Gasteiger partial charge in [-0.05, 0) is 25.1 Å². The van der Waals surface area contributed by atoms with E-state index in [-0.39, 0.29) is 11.6 Å². The first-order chi connectivity index (χ1) is 8.18. The Hall–Kier alpha value is -1.68. The topological polar surface area (TPSA) is 30.0 Å². The maximum Gasteiger partial charge on any atom is 0.161 e. The molecule has 0 atom stereocenters. The third-order valence-corrected chi connectivity index (χ3v) is 3.34. The van der Waals surface area contributed by atoms with E-state index in [1.807, 2.05) is 0 Å². The van der Waals surface area contributed by atoms with Crippen LogP contribution in [0.5, 0.6) is 0 Å². The molecule has 0 spiro atoms. The second kappa shape index (κ2) is 5.10. The first-order valence-corrected chi connectivity index (χ1v) is 5.87. The lowest BCUT2D eigenvalue weighted by molar-refractivity contribution is 0.101. The number of pyridine rings is 1. The van der Waals surface area contributed by atoms with E-state index in [4.69, 9.17) is 0 Å². The molecule has 0 bridgehead atoms. The smallest absolute Gasteiger partial charge is 0.161 e. The zero-order valence-electron chi connectivity index (χ0n) is 9.18. The van der Waals surface area contributed by atoms with E-state index >= 15 is 0 Å². The molecular formula is C13H10FNOS. The number of aromatic nitrogens is 1. The number of carbonyl (C=O) groups excluding carboxylic acids is 1. The fourth-order valence-electron chi connectivity index (χ4n) is 1.41. The fourth-order valence-corrected chi connectivity index (χ4v) is 2.39. The van der Waals surface area contributed by atoms with E-state index in [0.29, 0.717) is 10.5 Å². The molecular weight excluding hydrogens is 237 g/mol. The van der Waals surface area contributed by atoms with Gasteiger partial charge in [-0.25, -0.2) is 4.39 Å². The molecule has 0 saturated heterocycles. The quantitative estimate of drug-likeness (QED) is 0.776. The standard InChI is InChI=1S/C13H10FNOS/c1-9(16)11-3-2-4-12(14)13(11)17-10-5-7-15-8-6-10/h2-8H,1H3. The summed E-state index contributed by atoms with van der Waals surface area (Å²) in [5, 5.41) is 0. The van der Waals surface area contributed by atoms with Gasteiger partial charge in [-0.2, -0.15) is 0 Å². The van der Waals surface area contributed by atoms with E-state index < -0.39 is 0 Å². The van der Waals surface area contributed by atoms with Gasteiger partial charge < -0.3 is 0 Å². The molecule has 0 aliphatic carbocycles. The molecule has 2 rings (SSSR count). The fraction of sp³-hybridized carbons (Fsp3) is 0.0769. The van der Waals surface area contributed by atoms with Crippen LogP contribution >= 0.6 is 11.8 Å². The highest BCUT2D eigenvalue weighted by Gasteiger charge is 2.13. The predicted octanol–water partition coefficient (Wildman–Crippen LogP) is 3.57. The van der Waals surface area contributed by atoms with Crippen LogP contribution in [0, 0.1) is 5.82 Å². The largest absolute Gasteiger partial charge is 0.294 e. The summed E-state index contributed by atoms with van der Waals surface area (Å²) in [6, 6.07) is 8.09. The highest BCUT2D eigenvalue weighted by Crippen LogP contribution is 2.32. The summed E-state index contributed by atoms with van der Waals surface area (Å²) in [7, 11) is 0. The average Bonchev–Trinajstić information content (AvgIpc) is 2.33. The number of halogens is 1. The van der Waals surface area contributed by atoms with Crippen molar-refractivity contribution in [3.8, 4) is 0 Å². The van der Waals surface area contributed by atoms with Crippen molar-refractivity contribution in [2.75, 3.05) is 0 Å². The van der Waals surface area contributed by atoms with Crippen LogP contribution in [0.15, 0.2) is 52.5 Å². The van der Waals surface area contributed by atoms with Crippen LogP contribution in [-0.4, -0.2) is 10.8 Å². The number of Topliss-reactive ketones (excluding diaryl/α,β-unsaturated/α-hetero) is 1. The number of rotatable bonds is 3. The number of ketones is 1. The molecule has 2 aromatic rings. The first-order valence-electron chi connectivity index (χ1n) is 5.06. The van der Waals surface area contributed by atoms with Gasteiger partial charge in [-0.15, -0.1) is 0 Å². The summed E-state index contributed by atoms with van der Waals surface area (Å²) in [6.45, 7) is 1.44. The average molecular weight is 247 g/mol. The Balaban J connectivity index is 2.41. The van der Waals surface area contributed by atoms with Gasteiger partial charge in [-0.1, -0.05) is 23.9 Å². The van der Waals surface area contributed by atoms with E-state index in [2.05, 4.69) is 4.98 Å². The van der Waals surface area contributed by atoms with Gasteiger partial charge >= 0.3 is 0 Å². The van der Waals surface area contributed by atoms with Gasteiger partial charge in [0.15, 0.2) is 5.78 Å². The minimum atomic E-state index is -0.375. The predicted molar refractivity (Wildman–Crippen MR) is 64.8 cm³/mol. The van der Waals surface area contributed by atoms with Gasteiger partial charge in [0.2, 0.25) is 0 Å². The summed E-state index contributed by atoms with van der Waals surface area (Å²) < 4.78 is 13.7. The number of hydrogen-bond acceptors (Lipinski definition) is 3. The van der Waals surface area contributed by atoms with Crippen molar-refractivity contribution >= 4 is 17.5 Å². The molecule has 1 aromatic carbocycles. The van der Waals surface area contributed by atoms with E-state index in [1.165, 1.54) is 24.8 Å². The molecule has 0 aliphatic rings. The monoisotopic (exact) mass is 247 g/mol. The minimum absolute atomic E-state index is 0.138. The van der Waals surface area contributed by atoms with Crippen molar-refractivity contribution in [2.45, 2.75) is 16.7 Å². The van der Waals surface area contributed by atoms with Gasteiger partial charge in [0, 0.05) is 22.9 Å². The Morgan fingerprint density at radius 1 is 1.24 bits per heavy atom. The van der Waals surface area contributed by atoms with Crippen LogP contribution in [0.1, 0.15) is 17.3 Å². The van der Waals surface area contributed by atoms with Crippen LogP contribution in [0.4, 0.5) is 4.39 Å². The molecule has 1 heterocycles. The Bertz CT molecular complexity index is 542. The van der Waals surface area contributed by atoms with Crippen molar-refractivity contribution in [1.29, 1.82) is 0 Å². The molecule has 0 N–H and O–H groups in total. The van der Waals surface area contributed by atoms with Crippen LogP contribution < -0.4 is 0 Å². The number of carbonyl (C=O) groups is 1. The Labute approximate surface area is 103 Å². The van der Waals surface area contributed by atoms with Gasteiger partial charge in [0.25, 0.3) is 0 Å². The van der Waals surface area contributed by atoms with E-state index in [0.717, 1.165) is 4.90 Å². The first kappa shape index (κ1) is 11.8.